The summed E-state index contributed by atoms with van der Waals surface area (Å²) in [6, 6.07) is 13.0. The number of thioether (sulfide) groups is 1. The topological polar surface area (TPSA) is 45.5 Å². The molecule has 0 fully saturated rings. The van der Waals surface area contributed by atoms with E-state index in [1.54, 1.807) is 22.5 Å². The summed E-state index contributed by atoms with van der Waals surface area (Å²) >= 11 is 1.60. The Morgan fingerprint density at radius 2 is 2.00 bits per heavy atom. The van der Waals surface area contributed by atoms with E-state index in [2.05, 4.69) is 22.4 Å². The maximum Gasteiger partial charge on any atom is 0.256 e. The maximum absolute atomic E-state index is 12.1. The number of allylic oxidation sites excluding steroid dienone is 1. The molecule has 0 saturated carbocycles. The van der Waals surface area contributed by atoms with Crippen molar-refractivity contribution in [3.63, 3.8) is 0 Å². The summed E-state index contributed by atoms with van der Waals surface area (Å²) in [5, 5.41) is 11.4. The van der Waals surface area contributed by atoms with Gasteiger partial charge in [-0.05, 0) is 24.0 Å². The van der Waals surface area contributed by atoms with E-state index < -0.39 is 0 Å². The molecule has 3 rings (SSSR count). The van der Waals surface area contributed by atoms with Crippen LogP contribution in [0.1, 0.15) is 18.0 Å². The van der Waals surface area contributed by atoms with Crippen molar-refractivity contribution >= 4 is 11.8 Å². The molecule has 0 aliphatic carbocycles. The van der Waals surface area contributed by atoms with Crippen molar-refractivity contribution in [1.29, 1.82) is 0 Å². The molecule has 0 spiro atoms. The third-order valence-corrected chi connectivity index (χ3v) is 4.65. The summed E-state index contributed by atoms with van der Waals surface area (Å²) in [6.07, 6.45) is 1.64. The van der Waals surface area contributed by atoms with Crippen molar-refractivity contribution in [2.75, 3.05) is 0 Å². The number of hydrogen-bond acceptors (Lipinski definition) is 4. The molecule has 1 aliphatic heterocycles. The highest BCUT2D eigenvalue weighted by Gasteiger charge is 2.26. The lowest BCUT2D eigenvalue weighted by Gasteiger charge is -2.29. The summed E-state index contributed by atoms with van der Waals surface area (Å²) in [7, 11) is 0. The Balaban J connectivity index is 1.90. The Morgan fingerprint density at radius 3 is 2.71 bits per heavy atom. The third kappa shape index (κ3) is 2.83. The molecule has 1 aliphatic rings. The Hall–Kier alpha value is -2.14. The molecule has 108 valence electrons. The molecule has 5 heteroatoms. The Kier molecular flexibility index (Phi) is 3.75. The van der Waals surface area contributed by atoms with Crippen molar-refractivity contribution in [2.24, 2.45) is 0 Å². The van der Waals surface area contributed by atoms with Gasteiger partial charge in [0, 0.05) is 24.5 Å². The first-order chi connectivity index (χ1) is 10.1. The number of rotatable bonds is 3. The first kappa shape index (κ1) is 13.8. The van der Waals surface area contributed by atoms with E-state index in [1.807, 2.05) is 25.1 Å². The van der Waals surface area contributed by atoms with E-state index in [-0.39, 0.29) is 16.8 Å². The highest BCUT2D eigenvalue weighted by atomic mass is 32.2. The largest absolute Gasteiger partial charge is 0.508 e. The molecule has 4 nitrogen and oxygen atoms in total. The number of aromatic nitrogens is 1. The molecule has 0 amide bonds. The molecule has 2 aromatic rings. The van der Waals surface area contributed by atoms with Crippen LogP contribution in [0.15, 0.2) is 64.6 Å². The van der Waals surface area contributed by atoms with Crippen molar-refractivity contribution in [1.82, 2.24) is 9.47 Å². The van der Waals surface area contributed by atoms with Crippen LogP contribution in [-0.2, 0) is 6.54 Å². The first-order valence-electron chi connectivity index (χ1n) is 6.69. The van der Waals surface area contributed by atoms with Gasteiger partial charge in [0.25, 0.3) is 5.56 Å². The van der Waals surface area contributed by atoms with Gasteiger partial charge in [-0.3, -0.25) is 9.36 Å². The SMILES string of the molecule is CC1=CSC(n2ccc(O)cc2=O)N1Cc1ccccc1. The van der Waals surface area contributed by atoms with Gasteiger partial charge in [-0.25, -0.2) is 0 Å². The molecule has 1 N–H and O–H groups in total. The van der Waals surface area contributed by atoms with E-state index in [1.165, 1.54) is 17.7 Å². The molecule has 1 aromatic heterocycles. The van der Waals surface area contributed by atoms with E-state index in [0.29, 0.717) is 0 Å². The second kappa shape index (κ2) is 5.69. The third-order valence-electron chi connectivity index (χ3n) is 3.45. The zero-order chi connectivity index (χ0) is 14.8. The van der Waals surface area contributed by atoms with Gasteiger partial charge in [0.2, 0.25) is 0 Å². The lowest BCUT2D eigenvalue weighted by atomic mass is 10.2. The molecule has 21 heavy (non-hydrogen) atoms. The van der Waals surface area contributed by atoms with Crippen LogP contribution in [0, 0.1) is 0 Å². The first-order valence-corrected chi connectivity index (χ1v) is 7.63. The van der Waals surface area contributed by atoms with Gasteiger partial charge in [-0.15, -0.1) is 0 Å². The van der Waals surface area contributed by atoms with E-state index in [4.69, 9.17) is 0 Å². The molecule has 1 unspecified atom stereocenters. The van der Waals surface area contributed by atoms with Crippen molar-refractivity contribution < 1.29 is 5.11 Å². The van der Waals surface area contributed by atoms with Crippen molar-refractivity contribution in [3.05, 3.63) is 75.7 Å². The summed E-state index contributed by atoms with van der Waals surface area (Å²) < 4.78 is 1.64. The monoisotopic (exact) mass is 300 g/mol. The fraction of sp³-hybridized carbons (Fsp3) is 0.188. The highest BCUT2D eigenvalue weighted by Crippen LogP contribution is 2.39. The zero-order valence-electron chi connectivity index (χ0n) is 11.6. The van der Waals surface area contributed by atoms with Crippen molar-refractivity contribution in [3.8, 4) is 5.75 Å². The predicted octanol–water partition coefficient (Wildman–Crippen LogP) is 3.12. The van der Waals surface area contributed by atoms with Crippen LogP contribution in [0.4, 0.5) is 0 Å². The fourth-order valence-electron chi connectivity index (χ4n) is 2.34. The Labute approximate surface area is 127 Å². The summed E-state index contributed by atoms with van der Waals surface area (Å²) in [6.45, 7) is 2.79. The van der Waals surface area contributed by atoms with Crippen LogP contribution in [0.25, 0.3) is 0 Å². The zero-order valence-corrected chi connectivity index (χ0v) is 12.5. The average Bonchev–Trinajstić information content (AvgIpc) is 2.82. The molecule has 0 saturated heterocycles. The van der Waals surface area contributed by atoms with Gasteiger partial charge in [-0.2, -0.15) is 0 Å². The number of hydrogen-bond donors (Lipinski definition) is 1. The quantitative estimate of drug-likeness (QED) is 0.946. The second-order valence-electron chi connectivity index (χ2n) is 4.97. The van der Waals surface area contributed by atoms with Gasteiger partial charge < -0.3 is 10.0 Å². The standard InChI is InChI=1S/C16H16N2O2S/c1-12-11-21-16(17-8-7-14(19)9-15(17)20)18(12)10-13-5-3-2-4-6-13/h2-9,11,16,19H,10H2,1H3. The van der Waals surface area contributed by atoms with Crippen LogP contribution >= 0.6 is 11.8 Å². The minimum Gasteiger partial charge on any atom is -0.508 e. The number of benzene rings is 1. The molecule has 1 atom stereocenters. The molecule has 1 aromatic carbocycles. The van der Waals surface area contributed by atoms with Crippen molar-refractivity contribution in [2.45, 2.75) is 19.0 Å². The number of pyridine rings is 1. The smallest absolute Gasteiger partial charge is 0.256 e. The minimum absolute atomic E-state index is 0.00135. The normalized spacial score (nSPS) is 17.9. The van der Waals surface area contributed by atoms with Gasteiger partial charge in [-0.1, -0.05) is 42.1 Å². The van der Waals surface area contributed by atoms with Crippen LogP contribution in [0.3, 0.4) is 0 Å². The lowest BCUT2D eigenvalue weighted by Crippen LogP contribution is -2.31. The summed E-state index contributed by atoms with van der Waals surface area (Å²) in [5.74, 6) is -0.00135. The lowest BCUT2D eigenvalue weighted by molar-refractivity contribution is 0.264. The van der Waals surface area contributed by atoms with E-state index in [9.17, 15) is 9.90 Å². The van der Waals surface area contributed by atoms with Crippen LogP contribution < -0.4 is 5.56 Å². The number of aromatic hydroxyl groups is 1. The Bertz CT molecular complexity index is 725. The maximum atomic E-state index is 12.1. The minimum atomic E-state index is -0.200. The van der Waals surface area contributed by atoms with Gasteiger partial charge in [0.15, 0.2) is 5.50 Å². The molecular weight excluding hydrogens is 284 g/mol. The van der Waals surface area contributed by atoms with Gasteiger partial charge in [0.05, 0.1) is 0 Å². The Morgan fingerprint density at radius 1 is 1.24 bits per heavy atom. The predicted molar refractivity (Wildman–Crippen MR) is 84.7 cm³/mol. The van der Waals surface area contributed by atoms with E-state index in [0.717, 1.165) is 12.2 Å². The summed E-state index contributed by atoms with van der Waals surface area (Å²) in [5.41, 5.74) is 2.02. The fourth-order valence-corrected chi connectivity index (χ4v) is 3.48. The molecule has 2 heterocycles. The summed E-state index contributed by atoms with van der Waals surface area (Å²) in [4.78, 5) is 14.3. The number of nitrogens with zero attached hydrogens (tertiary/aromatic N) is 2. The van der Waals surface area contributed by atoms with Crippen LogP contribution in [0.5, 0.6) is 5.75 Å². The van der Waals surface area contributed by atoms with Crippen LogP contribution in [0.2, 0.25) is 0 Å². The van der Waals surface area contributed by atoms with Gasteiger partial charge >= 0.3 is 0 Å². The molecule has 0 bridgehead atoms. The van der Waals surface area contributed by atoms with Gasteiger partial charge in [0.1, 0.15) is 5.75 Å². The second-order valence-corrected chi connectivity index (χ2v) is 5.90. The van der Waals surface area contributed by atoms with E-state index >= 15 is 0 Å². The highest BCUT2D eigenvalue weighted by molar-refractivity contribution is 8.02. The molecule has 0 radical (unpaired) electrons. The molecular formula is C16H16N2O2S. The average molecular weight is 300 g/mol. The van der Waals surface area contributed by atoms with Crippen LogP contribution in [-0.4, -0.2) is 14.6 Å².